The number of carbonyl (C=O) groups excluding carboxylic acids is 1. The zero-order valence-corrected chi connectivity index (χ0v) is 12.3. The fraction of sp³-hybridized carbons (Fsp3) is 0.533. The Balaban J connectivity index is 1.83. The Bertz CT molecular complexity index is 494. The maximum Gasteiger partial charge on any atom is 0.232 e. The molecule has 0 bridgehead atoms. The SMILES string of the molecule is CN(CCOc1ccc(F)cc1)C(=O)C1(C)COCC1N. The zero-order chi connectivity index (χ0) is 15.5. The van der Waals surface area contributed by atoms with E-state index in [0.29, 0.717) is 32.1 Å². The first-order chi connectivity index (χ1) is 9.93. The van der Waals surface area contributed by atoms with Gasteiger partial charge in [-0.2, -0.15) is 0 Å². The minimum Gasteiger partial charge on any atom is -0.492 e. The highest BCUT2D eigenvalue weighted by Gasteiger charge is 2.45. The van der Waals surface area contributed by atoms with Gasteiger partial charge in [-0.25, -0.2) is 4.39 Å². The molecule has 1 fully saturated rings. The molecule has 2 atom stereocenters. The Morgan fingerprint density at radius 2 is 2.19 bits per heavy atom. The average molecular weight is 296 g/mol. The molecule has 0 saturated carbocycles. The van der Waals surface area contributed by atoms with Gasteiger partial charge in [-0.15, -0.1) is 0 Å². The van der Waals surface area contributed by atoms with Gasteiger partial charge in [0.25, 0.3) is 0 Å². The van der Waals surface area contributed by atoms with Crippen molar-refractivity contribution in [3.05, 3.63) is 30.1 Å². The van der Waals surface area contributed by atoms with Crippen molar-refractivity contribution in [2.24, 2.45) is 11.1 Å². The Morgan fingerprint density at radius 1 is 1.52 bits per heavy atom. The summed E-state index contributed by atoms with van der Waals surface area (Å²) in [6.45, 7) is 3.33. The van der Waals surface area contributed by atoms with Gasteiger partial charge in [0, 0.05) is 13.1 Å². The summed E-state index contributed by atoms with van der Waals surface area (Å²) in [6.07, 6.45) is 0. The number of benzene rings is 1. The van der Waals surface area contributed by atoms with Crippen molar-refractivity contribution in [2.75, 3.05) is 33.4 Å². The second kappa shape index (κ2) is 6.41. The first kappa shape index (κ1) is 15.7. The summed E-state index contributed by atoms with van der Waals surface area (Å²) in [5, 5.41) is 0. The standard InChI is InChI=1S/C15H21FN2O3/c1-15(10-20-9-13(15)17)14(19)18(2)7-8-21-12-5-3-11(16)4-6-12/h3-6,13H,7-10,17H2,1-2H3. The van der Waals surface area contributed by atoms with Gasteiger partial charge in [-0.05, 0) is 31.2 Å². The quantitative estimate of drug-likeness (QED) is 0.881. The highest BCUT2D eigenvalue weighted by molar-refractivity contribution is 5.83. The Kier molecular flexibility index (Phi) is 4.80. The predicted octanol–water partition coefficient (Wildman–Crippen LogP) is 1.03. The second-order valence-electron chi connectivity index (χ2n) is 5.57. The summed E-state index contributed by atoms with van der Waals surface area (Å²) < 4.78 is 23.5. The fourth-order valence-corrected chi connectivity index (χ4v) is 2.28. The number of rotatable bonds is 5. The highest BCUT2D eigenvalue weighted by atomic mass is 19.1. The molecule has 116 valence electrons. The molecule has 6 heteroatoms. The van der Waals surface area contributed by atoms with Crippen LogP contribution in [0.1, 0.15) is 6.92 Å². The number of hydrogen-bond donors (Lipinski definition) is 1. The predicted molar refractivity (Wildman–Crippen MR) is 76.4 cm³/mol. The molecule has 21 heavy (non-hydrogen) atoms. The lowest BCUT2D eigenvalue weighted by Crippen LogP contribution is -2.51. The first-order valence-electron chi connectivity index (χ1n) is 6.91. The van der Waals surface area contributed by atoms with Crippen molar-refractivity contribution < 1.29 is 18.7 Å². The maximum absolute atomic E-state index is 12.8. The summed E-state index contributed by atoms with van der Waals surface area (Å²) in [5.74, 6) is 0.220. The lowest BCUT2D eigenvalue weighted by atomic mass is 9.84. The van der Waals surface area contributed by atoms with E-state index in [-0.39, 0.29) is 17.8 Å². The maximum atomic E-state index is 12.8. The number of likely N-dealkylation sites (N-methyl/N-ethyl adjacent to an activating group) is 1. The van der Waals surface area contributed by atoms with Gasteiger partial charge in [0.15, 0.2) is 0 Å². The third-order valence-electron chi connectivity index (χ3n) is 3.86. The van der Waals surface area contributed by atoms with Gasteiger partial charge in [0.1, 0.15) is 18.2 Å². The Hall–Kier alpha value is -1.66. The van der Waals surface area contributed by atoms with E-state index in [0.717, 1.165) is 0 Å². The van der Waals surface area contributed by atoms with Crippen LogP contribution in [0.2, 0.25) is 0 Å². The number of carbonyl (C=O) groups is 1. The summed E-state index contributed by atoms with van der Waals surface area (Å²) in [5.41, 5.74) is 5.27. The Labute approximate surface area is 123 Å². The van der Waals surface area contributed by atoms with Crippen molar-refractivity contribution in [3.8, 4) is 5.75 Å². The zero-order valence-electron chi connectivity index (χ0n) is 12.3. The van der Waals surface area contributed by atoms with Crippen molar-refractivity contribution in [1.82, 2.24) is 4.90 Å². The van der Waals surface area contributed by atoms with Crippen LogP contribution in [0.3, 0.4) is 0 Å². The molecule has 1 aromatic rings. The molecule has 1 aromatic carbocycles. The number of nitrogens with two attached hydrogens (primary N) is 1. The molecular formula is C15H21FN2O3. The number of halogens is 1. The number of nitrogens with zero attached hydrogens (tertiary/aromatic N) is 1. The van der Waals surface area contributed by atoms with E-state index in [4.69, 9.17) is 15.2 Å². The summed E-state index contributed by atoms with van der Waals surface area (Å²) in [6, 6.07) is 5.49. The van der Waals surface area contributed by atoms with Crippen molar-refractivity contribution in [1.29, 1.82) is 0 Å². The molecule has 0 aromatic heterocycles. The topological polar surface area (TPSA) is 64.8 Å². The number of amides is 1. The van der Waals surface area contributed by atoms with Crippen LogP contribution >= 0.6 is 0 Å². The van der Waals surface area contributed by atoms with E-state index in [1.54, 1.807) is 24.1 Å². The normalized spacial score (nSPS) is 24.9. The Morgan fingerprint density at radius 3 is 2.76 bits per heavy atom. The smallest absolute Gasteiger partial charge is 0.232 e. The van der Waals surface area contributed by atoms with E-state index >= 15 is 0 Å². The van der Waals surface area contributed by atoms with Gasteiger partial charge in [0.2, 0.25) is 5.91 Å². The first-order valence-corrected chi connectivity index (χ1v) is 6.91. The third-order valence-corrected chi connectivity index (χ3v) is 3.86. The molecule has 1 amide bonds. The van der Waals surface area contributed by atoms with Crippen molar-refractivity contribution >= 4 is 5.91 Å². The van der Waals surface area contributed by atoms with Crippen LogP contribution in [0.15, 0.2) is 24.3 Å². The van der Waals surface area contributed by atoms with Gasteiger partial charge in [0.05, 0.1) is 25.2 Å². The number of hydrogen-bond acceptors (Lipinski definition) is 4. The molecule has 1 heterocycles. The van der Waals surface area contributed by atoms with Gasteiger partial charge < -0.3 is 20.1 Å². The van der Waals surface area contributed by atoms with Crippen LogP contribution < -0.4 is 10.5 Å². The molecule has 0 spiro atoms. The summed E-state index contributed by atoms with van der Waals surface area (Å²) in [4.78, 5) is 14.0. The van der Waals surface area contributed by atoms with E-state index < -0.39 is 5.41 Å². The molecule has 2 unspecified atom stereocenters. The second-order valence-corrected chi connectivity index (χ2v) is 5.57. The van der Waals surface area contributed by atoms with Gasteiger partial charge in [-0.3, -0.25) is 4.79 Å². The van der Waals surface area contributed by atoms with Crippen LogP contribution in [-0.4, -0.2) is 50.3 Å². The molecule has 1 saturated heterocycles. The molecule has 0 radical (unpaired) electrons. The van der Waals surface area contributed by atoms with Crippen LogP contribution in [-0.2, 0) is 9.53 Å². The van der Waals surface area contributed by atoms with Crippen molar-refractivity contribution in [3.63, 3.8) is 0 Å². The molecule has 1 aliphatic heterocycles. The molecule has 2 N–H and O–H groups in total. The molecule has 5 nitrogen and oxygen atoms in total. The summed E-state index contributed by atoms with van der Waals surface area (Å²) >= 11 is 0. The van der Waals surface area contributed by atoms with Crippen molar-refractivity contribution in [2.45, 2.75) is 13.0 Å². The lowest BCUT2D eigenvalue weighted by Gasteiger charge is -2.30. The fourth-order valence-electron chi connectivity index (χ4n) is 2.28. The van der Waals surface area contributed by atoms with Gasteiger partial charge >= 0.3 is 0 Å². The monoisotopic (exact) mass is 296 g/mol. The molecule has 0 aliphatic carbocycles. The minimum atomic E-state index is -0.676. The minimum absolute atomic E-state index is 0.0461. The van der Waals surface area contributed by atoms with Crippen LogP contribution in [0.25, 0.3) is 0 Å². The van der Waals surface area contributed by atoms with E-state index in [1.165, 1.54) is 12.1 Å². The molecular weight excluding hydrogens is 275 g/mol. The largest absolute Gasteiger partial charge is 0.492 e. The van der Waals surface area contributed by atoms with E-state index in [1.807, 2.05) is 6.92 Å². The third kappa shape index (κ3) is 3.51. The highest BCUT2D eigenvalue weighted by Crippen LogP contribution is 2.29. The van der Waals surface area contributed by atoms with Gasteiger partial charge in [-0.1, -0.05) is 0 Å². The molecule has 2 rings (SSSR count). The molecule has 1 aliphatic rings. The van der Waals surface area contributed by atoms with Crippen LogP contribution in [0.4, 0.5) is 4.39 Å². The number of ether oxygens (including phenoxy) is 2. The van der Waals surface area contributed by atoms with E-state index in [9.17, 15) is 9.18 Å². The summed E-state index contributed by atoms with van der Waals surface area (Å²) in [7, 11) is 1.71. The lowest BCUT2D eigenvalue weighted by molar-refractivity contribution is -0.140. The van der Waals surface area contributed by atoms with E-state index in [2.05, 4.69) is 0 Å². The van der Waals surface area contributed by atoms with Crippen LogP contribution in [0.5, 0.6) is 5.75 Å². The average Bonchev–Trinajstić information content (AvgIpc) is 2.81. The van der Waals surface area contributed by atoms with Crippen LogP contribution in [0, 0.1) is 11.2 Å².